The number of rotatable bonds is 8. The van der Waals surface area contributed by atoms with Gasteiger partial charge in [-0.05, 0) is 119 Å². The predicted octanol–water partition coefficient (Wildman–Crippen LogP) is 7.68. The Hall–Kier alpha value is -5.25. The van der Waals surface area contributed by atoms with E-state index in [2.05, 4.69) is 20.6 Å². The lowest BCUT2D eigenvalue weighted by molar-refractivity contribution is -0.118. The van der Waals surface area contributed by atoms with Crippen LogP contribution in [0, 0.1) is 5.82 Å². The van der Waals surface area contributed by atoms with Crippen molar-refractivity contribution in [2.75, 3.05) is 5.32 Å². The van der Waals surface area contributed by atoms with Crippen molar-refractivity contribution in [2.24, 2.45) is 0 Å². The fraction of sp³-hybridized carbons (Fsp3) is 0.278. The molecule has 0 aliphatic heterocycles. The Kier molecular flexibility index (Phi) is 9.09. The summed E-state index contributed by atoms with van der Waals surface area (Å²) in [5.41, 5.74) is 3.54. The number of carbonyl (C=O) groups is 2. The summed E-state index contributed by atoms with van der Waals surface area (Å²) in [6, 6.07) is 20.0. The van der Waals surface area contributed by atoms with E-state index >= 15 is 0 Å². The Bertz CT molecular complexity index is 1820. The molecule has 5 rings (SSSR count). The summed E-state index contributed by atoms with van der Waals surface area (Å²) in [5.74, 6) is 0.187. The number of benzene rings is 2. The smallest absolute Gasteiger partial charge is 0.408 e. The maximum absolute atomic E-state index is 13.7. The average Bonchev–Trinajstić information content (AvgIpc) is 3.35. The topological polar surface area (TPSA) is 118 Å². The molecule has 0 radical (unpaired) electrons. The van der Waals surface area contributed by atoms with E-state index in [0.29, 0.717) is 11.4 Å². The number of alkyl carbamates (subject to hydrolysis) is 1. The first-order valence-electron chi connectivity index (χ1n) is 15.0. The van der Waals surface area contributed by atoms with Gasteiger partial charge in [-0.3, -0.25) is 9.78 Å². The van der Waals surface area contributed by atoms with Crippen molar-refractivity contribution in [1.29, 1.82) is 0 Å². The number of fused-ring (bicyclic) bond motifs is 1. The van der Waals surface area contributed by atoms with E-state index in [0.717, 1.165) is 33.3 Å². The molecule has 0 aliphatic rings. The fourth-order valence-corrected chi connectivity index (χ4v) is 4.95. The van der Waals surface area contributed by atoms with Crippen molar-refractivity contribution in [3.8, 4) is 28.1 Å². The second-order valence-corrected chi connectivity index (χ2v) is 13.0. The lowest BCUT2D eigenvalue weighted by Crippen LogP contribution is -2.47. The number of aromatic amines is 1. The van der Waals surface area contributed by atoms with Crippen LogP contribution in [0.5, 0.6) is 5.75 Å². The molecule has 5 aromatic rings. The van der Waals surface area contributed by atoms with Gasteiger partial charge in [-0.2, -0.15) is 0 Å². The molecule has 0 fully saturated rings. The number of aromatic nitrogens is 3. The van der Waals surface area contributed by atoms with Gasteiger partial charge >= 0.3 is 6.09 Å². The molecule has 3 N–H and O–H groups in total. The lowest BCUT2D eigenvalue weighted by Gasteiger charge is -2.24. The number of nitrogens with one attached hydrogen (secondary N) is 3. The van der Waals surface area contributed by atoms with Crippen LogP contribution in [0.2, 0.25) is 0 Å². The molecular formula is C36H38FN5O4. The number of carbonyl (C=O) groups excluding carboxylic acids is 2. The second-order valence-electron chi connectivity index (χ2n) is 13.0. The summed E-state index contributed by atoms with van der Waals surface area (Å²) in [4.78, 5) is 38.6. The minimum Gasteiger partial charge on any atom is -0.488 e. The third kappa shape index (κ3) is 8.26. The number of hydrogen-bond donors (Lipinski definition) is 3. The van der Waals surface area contributed by atoms with Gasteiger partial charge in [0.1, 0.15) is 40.3 Å². The number of anilines is 1. The number of pyridine rings is 2. The number of halogens is 1. The van der Waals surface area contributed by atoms with Crippen LogP contribution in [0.1, 0.15) is 47.1 Å². The molecule has 9 nitrogen and oxygen atoms in total. The highest BCUT2D eigenvalue weighted by atomic mass is 19.1. The van der Waals surface area contributed by atoms with Crippen LogP contribution in [0.25, 0.3) is 33.4 Å². The number of ether oxygens (including phenoxy) is 2. The summed E-state index contributed by atoms with van der Waals surface area (Å²) in [5, 5.41) is 6.38. The van der Waals surface area contributed by atoms with Crippen LogP contribution in [0.3, 0.4) is 0 Å². The standard InChI is InChI=1S/C36H38FN5O4/c1-35(2,3)45-26-13-7-22(8-14-26)21-28(39-34(44)46-36(4,5)6)33(43)41-29-16-15-27-30(23-17-19-38-20-18-23)31(42-32(27)40-29)24-9-11-25(37)12-10-24/h7-20,28H,21H2,1-6H3,(H,39,44)(H2,40,41,42,43)/t28-/m0/s1. The molecule has 3 heterocycles. The van der Waals surface area contributed by atoms with E-state index in [1.807, 2.05) is 63.2 Å². The SMILES string of the molecule is CC(C)(C)OC(=O)N[C@@H](Cc1ccc(OC(C)(C)C)cc1)C(=O)Nc1ccc2c(-c3ccncc3)c(-c3ccc(F)cc3)[nH]c2n1. The summed E-state index contributed by atoms with van der Waals surface area (Å²) >= 11 is 0. The number of nitrogens with zero attached hydrogens (tertiary/aromatic N) is 2. The predicted molar refractivity (Wildman–Crippen MR) is 177 cm³/mol. The summed E-state index contributed by atoms with van der Waals surface area (Å²) in [6.45, 7) is 11.2. The van der Waals surface area contributed by atoms with Gasteiger partial charge in [-0.25, -0.2) is 14.2 Å². The maximum atomic E-state index is 13.7. The van der Waals surface area contributed by atoms with Crippen LogP contribution >= 0.6 is 0 Å². The normalized spacial score (nSPS) is 12.4. The highest BCUT2D eigenvalue weighted by Gasteiger charge is 2.26. The summed E-state index contributed by atoms with van der Waals surface area (Å²) in [6.07, 6.45) is 2.90. The van der Waals surface area contributed by atoms with Gasteiger partial charge < -0.3 is 25.1 Å². The van der Waals surface area contributed by atoms with Gasteiger partial charge in [0.2, 0.25) is 5.91 Å². The van der Waals surface area contributed by atoms with E-state index in [-0.39, 0.29) is 23.7 Å². The molecule has 0 saturated carbocycles. The van der Waals surface area contributed by atoms with Gasteiger partial charge in [0.15, 0.2) is 0 Å². The average molecular weight is 624 g/mol. The first-order chi connectivity index (χ1) is 21.7. The van der Waals surface area contributed by atoms with Crippen LogP contribution in [-0.4, -0.2) is 44.2 Å². The third-order valence-corrected chi connectivity index (χ3v) is 6.81. The van der Waals surface area contributed by atoms with E-state index in [4.69, 9.17) is 14.5 Å². The molecule has 3 aromatic heterocycles. The van der Waals surface area contributed by atoms with E-state index in [1.54, 1.807) is 51.4 Å². The van der Waals surface area contributed by atoms with Crippen LogP contribution in [0.4, 0.5) is 15.0 Å². The number of H-pyrrole nitrogens is 1. The molecule has 10 heteroatoms. The van der Waals surface area contributed by atoms with Gasteiger partial charge in [-0.1, -0.05) is 12.1 Å². The number of amides is 2. The molecule has 2 aromatic carbocycles. The molecule has 0 aliphatic carbocycles. The van der Waals surface area contributed by atoms with Crippen molar-refractivity contribution in [1.82, 2.24) is 20.3 Å². The quantitative estimate of drug-likeness (QED) is 0.163. The Morgan fingerprint density at radius 1 is 0.848 bits per heavy atom. The Balaban J connectivity index is 1.43. The summed E-state index contributed by atoms with van der Waals surface area (Å²) < 4.78 is 25.1. The van der Waals surface area contributed by atoms with E-state index < -0.39 is 23.6 Å². The zero-order chi connectivity index (χ0) is 33.1. The molecule has 238 valence electrons. The van der Waals surface area contributed by atoms with Crippen molar-refractivity contribution >= 4 is 28.9 Å². The monoisotopic (exact) mass is 623 g/mol. The Morgan fingerprint density at radius 3 is 2.15 bits per heavy atom. The maximum Gasteiger partial charge on any atom is 0.408 e. The molecule has 0 spiro atoms. The van der Waals surface area contributed by atoms with E-state index in [1.165, 1.54) is 12.1 Å². The van der Waals surface area contributed by atoms with Gasteiger partial charge in [-0.15, -0.1) is 0 Å². The first-order valence-corrected chi connectivity index (χ1v) is 15.0. The zero-order valence-electron chi connectivity index (χ0n) is 26.8. The van der Waals surface area contributed by atoms with Crippen molar-refractivity contribution in [3.05, 3.63) is 96.6 Å². The minimum atomic E-state index is -0.965. The zero-order valence-corrected chi connectivity index (χ0v) is 26.8. The summed E-state index contributed by atoms with van der Waals surface area (Å²) in [7, 11) is 0. The highest BCUT2D eigenvalue weighted by molar-refractivity contribution is 6.04. The van der Waals surface area contributed by atoms with Gasteiger partial charge in [0.05, 0.1) is 5.69 Å². The Labute approximate surface area is 267 Å². The number of hydrogen-bond acceptors (Lipinski definition) is 6. The molecular weight excluding hydrogens is 585 g/mol. The molecule has 2 amide bonds. The second kappa shape index (κ2) is 13.0. The fourth-order valence-electron chi connectivity index (χ4n) is 4.95. The largest absolute Gasteiger partial charge is 0.488 e. The van der Waals surface area contributed by atoms with Crippen molar-refractivity contribution < 1.29 is 23.5 Å². The molecule has 0 saturated heterocycles. The molecule has 1 atom stereocenters. The third-order valence-electron chi connectivity index (χ3n) is 6.81. The van der Waals surface area contributed by atoms with Gasteiger partial charge in [0.25, 0.3) is 0 Å². The van der Waals surface area contributed by atoms with Gasteiger partial charge in [0, 0.05) is 29.8 Å². The Morgan fingerprint density at radius 2 is 1.52 bits per heavy atom. The highest BCUT2D eigenvalue weighted by Crippen LogP contribution is 2.38. The minimum absolute atomic E-state index is 0.201. The lowest BCUT2D eigenvalue weighted by atomic mass is 10.00. The van der Waals surface area contributed by atoms with Crippen LogP contribution in [0.15, 0.2) is 85.2 Å². The van der Waals surface area contributed by atoms with Crippen LogP contribution in [-0.2, 0) is 16.0 Å². The first kappa shape index (κ1) is 32.2. The van der Waals surface area contributed by atoms with Crippen molar-refractivity contribution in [3.63, 3.8) is 0 Å². The van der Waals surface area contributed by atoms with E-state index in [9.17, 15) is 14.0 Å². The molecule has 46 heavy (non-hydrogen) atoms. The molecule has 0 unspecified atom stereocenters. The van der Waals surface area contributed by atoms with Crippen molar-refractivity contribution in [2.45, 2.75) is 65.2 Å². The van der Waals surface area contributed by atoms with Crippen LogP contribution < -0.4 is 15.4 Å². The molecule has 0 bridgehead atoms.